The molecule has 13 rings (SSSR count). The van der Waals surface area contributed by atoms with Crippen LogP contribution in [0.2, 0.25) is 0 Å². The van der Waals surface area contributed by atoms with E-state index >= 15 is 14.4 Å². The predicted molar refractivity (Wildman–Crippen MR) is 329 cm³/mol. The summed E-state index contributed by atoms with van der Waals surface area (Å²) in [6, 6.07) is 9.02. The largest absolute Gasteiger partial charge is 0.479 e. The molecule has 1 aromatic rings. The Morgan fingerprint density at radius 3 is 0.716 bits per heavy atom. The van der Waals surface area contributed by atoms with E-state index < -0.39 is 234 Å². The SMILES string of the molecule is CC1OC2(CC3(CC(NC(=O)C4(NC(=O)OCc5ccccc5)CC5(CC6(C4)O[C@H](C)[C@@H](C)O6)O[C@H](C)[C@@H](C)O5)(C(=O)NC4(C(=O)NC5(C(=O)O)CC6(CC7(C5)O[C@H](C)[C@@H](C)O7)O[C@H](C)[C@@H](C)O6)CC5(CC6(C4)O[C@H](C)[C@@H](C)O6)O[C@H](C)[C@@H](C)O5)C2)O[C@H](C)[C@@H](C)O3)O[C@@H]1C. The number of amides is 4. The van der Waals surface area contributed by atoms with Crippen molar-refractivity contribution in [3.63, 3.8) is 0 Å². The van der Waals surface area contributed by atoms with Crippen molar-refractivity contribution in [2.45, 2.75) is 361 Å². The van der Waals surface area contributed by atoms with Crippen molar-refractivity contribution in [3.8, 4) is 0 Å². The van der Waals surface area contributed by atoms with E-state index in [1.54, 1.807) is 24.3 Å². The highest BCUT2D eigenvalue weighted by Crippen LogP contribution is 2.60. The van der Waals surface area contributed by atoms with Crippen LogP contribution in [0.5, 0.6) is 0 Å². The highest BCUT2D eigenvalue weighted by atomic mass is 16.8. The lowest BCUT2D eigenvalue weighted by atomic mass is 9.69. The standard InChI is InChI=1S/C68H100N4O23/c1-35-36(2)81-61(80-35)23-57(24-62(31-61)82-37(3)38(4)83-62,70-54(75)59(72-56(78)79-22-51-20-18-17-19-21-51)27-65(88-43(9)44(10)89-65)33-66(28-59)90-45(11)46(12)91-66)52(73)69-58(25-63(84-39(5)40(6)85-63)32-64(26-58)86-41(7)42(8)87-64)53(74)71-60(55(76)77)29-67(92-47(13)48(14)93-67)34-68(30-60)94-49(15)50(16)95-68/h17-21,35-50H,22-34H2,1-16H3,(H,69,73)(H,70,75)(H,71,74)(H,72,78)(H,76,77)/t35-,36-,37-,38?,39-,40-,41-,42-,43-,44-,45-,46-,47-,48-,49-,50-,57?,62?/m1/s1. The van der Waals surface area contributed by atoms with Gasteiger partial charge in [0.25, 0.3) is 0 Å². The van der Waals surface area contributed by atoms with Crippen LogP contribution in [0, 0.1) is 0 Å². The summed E-state index contributed by atoms with van der Waals surface area (Å²) in [6.07, 6.45) is -13.6. The van der Waals surface area contributed by atoms with Gasteiger partial charge in [0.05, 0.1) is 123 Å². The Balaban J connectivity index is 0.982. The van der Waals surface area contributed by atoms with E-state index in [4.69, 9.17) is 80.5 Å². The summed E-state index contributed by atoms with van der Waals surface area (Å²) in [5.41, 5.74) is -8.65. The fourth-order valence-corrected chi connectivity index (χ4v) is 17.8. The second-order valence-corrected chi connectivity index (χ2v) is 30.8. The number of benzene rings is 1. The average molecular weight is 1340 g/mol. The highest BCUT2D eigenvalue weighted by molar-refractivity contribution is 6.01. The summed E-state index contributed by atoms with van der Waals surface area (Å²) in [7, 11) is 0. The smallest absolute Gasteiger partial charge is 0.408 e. The zero-order chi connectivity index (χ0) is 68.3. The molecule has 12 aliphatic rings. The topological polar surface area (TPSA) is 311 Å². The monoisotopic (exact) mass is 1340 g/mol. The predicted octanol–water partition coefficient (Wildman–Crippen LogP) is 6.20. The Kier molecular flexibility index (Phi) is 17.3. The molecule has 0 bridgehead atoms. The third-order valence-corrected chi connectivity index (χ3v) is 22.7. The zero-order valence-electron chi connectivity index (χ0n) is 57.7. The molecule has 8 spiro atoms. The van der Waals surface area contributed by atoms with Crippen LogP contribution in [-0.2, 0) is 106 Å². The average Bonchev–Trinajstić information content (AvgIpc) is 1.69. The Bertz CT molecular complexity index is 2930. The van der Waals surface area contributed by atoms with Crippen molar-refractivity contribution in [3.05, 3.63) is 35.9 Å². The normalized spacial score (nSPS) is 45.2. The number of ether oxygens (including phenoxy) is 17. The number of carboxylic acid groups (broad SMARTS) is 1. The van der Waals surface area contributed by atoms with Crippen LogP contribution in [-0.4, -0.2) is 201 Å². The van der Waals surface area contributed by atoms with Crippen LogP contribution in [0.4, 0.5) is 4.79 Å². The molecular formula is C68H100N4O23. The number of hydrogen-bond donors (Lipinski definition) is 5. The summed E-state index contributed by atoms with van der Waals surface area (Å²) in [4.78, 5) is 81.5. The molecule has 530 valence electrons. The molecule has 4 saturated carbocycles. The lowest BCUT2D eigenvalue weighted by Crippen LogP contribution is -2.78. The first-order chi connectivity index (χ1) is 44.4. The first-order valence-electron chi connectivity index (χ1n) is 34.4. The maximum absolute atomic E-state index is 17.6. The molecule has 27 nitrogen and oxygen atoms in total. The van der Waals surface area contributed by atoms with Gasteiger partial charge in [0, 0.05) is 51.4 Å². The second-order valence-electron chi connectivity index (χ2n) is 30.8. The van der Waals surface area contributed by atoms with E-state index in [1.807, 2.05) is 117 Å². The minimum absolute atomic E-state index is 0.0253. The number of carboxylic acids is 1. The van der Waals surface area contributed by atoms with E-state index in [0.717, 1.165) is 0 Å². The van der Waals surface area contributed by atoms with Crippen molar-refractivity contribution < 1.29 is 110 Å². The molecular weight excluding hydrogens is 1240 g/mol. The van der Waals surface area contributed by atoms with Gasteiger partial charge in [0.15, 0.2) is 46.3 Å². The van der Waals surface area contributed by atoms with Crippen LogP contribution in [0.15, 0.2) is 30.3 Å². The molecule has 0 aromatic heterocycles. The van der Waals surface area contributed by atoms with Gasteiger partial charge in [-0.1, -0.05) is 30.3 Å². The third-order valence-electron chi connectivity index (χ3n) is 22.7. The third kappa shape index (κ3) is 12.3. The highest BCUT2D eigenvalue weighted by Gasteiger charge is 2.74. The first kappa shape index (κ1) is 69.2. The molecule has 8 saturated heterocycles. The molecule has 12 fully saturated rings. The van der Waals surface area contributed by atoms with Gasteiger partial charge in [-0.15, -0.1) is 0 Å². The lowest BCUT2D eigenvalue weighted by Gasteiger charge is -2.56. The van der Waals surface area contributed by atoms with Crippen molar-refractivity contribution in [1.29, 1.82) is 0 Å². The van der Waals surface area contributed by atoms with Crippen LogP contribution < -0.4 is 21.3 Å². The Hall–Kier alpha value is -4.27. The van der Waals surface area contributed by atoms with E-state index in [2.05, 4.69) is 21.3 Å². The maximum atomic E-state index is 17.6. The Morgan fingerprint density at radius 1 is 0.316 bits per heavy atom. The fraction of sp³-hybridized carbons (Fsp3) is 0.838. The van der Waals surface area contributed by atoms with Gasteiger partial charge in [-0.2, -0.15) is 0 Å². The number of carbonyl (C=O) groups excluding carboxylic acids is 4. The quantitative estimate of drug-likeness (QED) is 0.174. The molecule has 8 heterocycles. The van der Waals surface area contributed by atoms with Crippen LogP contribution >= 0.6 is 0 Å². The van der Waals surface area contributed by atoms with Crippen LogP contribution in [0.3, 0.4) is 0 Å². The van der Waals surface area contributed by atoms with E-state index in [9.17, 15) is 14.7 Å². The lowest BCUT2D eigenvalue weighted by molar-refractivity contribution is -0.306. The summed E-state index contributed by atoms with van der Waals surface area (Å²) in [5, 5.41) is 24.5. The molecule has 4 amide bonds. The molecule has 0 radical (unpaired) electrons. The second kappa shape index (κ2) is 23.7. The van der Waals surface area contributed by atoms with Crippen LogP contribution in [0.25, 0.3) is 0 Å². The minimum Gasteiger partial charge on any atom is -0.479 e. The summed E-state index contributed by atoms with van der Waals surface area (Å²) >= 11 is 0. The zero-order valence-corrected chi connectivity index (χ0v) is 57.7. The molecule has 3 unspecified atom stereocenters. The minimum atomic E-state index is -2.39. The molecule has 1 aromatic carbocycles. The summed E-state index contributed by atoms with van der Waals surface area (Å²) < 4.78 is 115. The van der Waals surface area contributed by atoms with E-state index in [0.29, 0.717) is 5.56 Å². The molecule has 27 heteroatoms. The number of hydrogen-bond acceptors (Lipinski definition) is 22. The molecule has 18 atom stereocenters. The van der Waals surface area contributed by atoms with Crippen molar-refractivity contribution in [1.82, 2.24) is 21.3 Å². The van der Waals surface area contributed by atoms with Gasteiger partial charge in [-0.05, 0) is 116 Å². The summed E-state index contributed by atoms with van der Waals surface area (Å²) in [5.74, 6) is -18.3. The number of alkyl carbamates (subject to hydrolysis) is 1. The van der Waals surface area contributed by atoms with Crippen molar-refractivity contribution in [2.24, 2.45) is 0 Å². The molecule has 8 aliphatic heterocycles. The van der Waals surface area contributed by atoms with Gasteiger partial charge >= 0.3 is 12.1 Å². The van der Waals surface area contributed by atoms with Gasteiger partial charge in [0.2, 0.25) is 17.7 Å². The number of nitrogens with one attached hydrogen (secondary N) is 4. The van der Waals surface area contributed by atoms with E-state index in [-0.39, 0.29) is 45.1 Å². The van der Waals surface area contributed by atoms with Gasteiger partial charge in [0.1, 0.15) is 28.8 Å². The number of rotatable bonds is 10. The van der Waals surface area contributed by atoms with Gasteiger partial charge < -0.3 is 107 Å². The molecule has 5 N–H and O–H groups in total. The summed E-state index contributed by atoms with van der Waals surface area (Å²) in [6.45, 7) is 29.0. The van der Waals surface area contributed by atoms with Gasteiger partial charge in [-0.3, -0.25) is 14.4 Å². The molecule has 4 aliphatic carbocycles. The maximum Gasteiger partial charge on any atom is 0.408 e. The first-order valence-corrected chi connectivity index (χ1v) is 34.4. The molecule has 95 heavy (non-hydrogen) atoms. The van der Waals surface area contributed by atoms with Crippen molar-refractivity contribution in [2.75, 3.05) is 0 Å². The van der Waals surface area contributed by atoms with E-state index in [1.165, 1.54) is 0 Å². The fourth-order valence-electron chi connectivity index (χ4n) is 17.8. The van der Waals surface area contributed by atoms with Crippen LogP contribution in [0.1, 0.15) is 193 Å². The Labute approximate surface area is 555 Å². The van der Waals surface area contributed by atoms with Crippen molar-refractivity contribution >= 4 is 29.8 Å². The number of aliphatic carboxylic acids is 1. The Morgan fingerprint density at radius 2 is 0.505 bits per heavy atom. The van der Waals surface area contributed by atoms with Gasteiger partial charge in [-0.25, -0.2) is 9.59 Å². The number of carbonyl (C=O) groups is 5.